The van der Waals surface area contributed by atoms with Crippen LogP contribution in [0.3, 0.4) is 0 Å². The molecule has 0 fully saturated rings. The summed E-state index contributed by atoms with van der Waals surface area (Å²) < 4.78 is 36.7. The van der Waals surface area contributed by atoms with Gasteiger partial charge in [-0.3, -0.25) is 4.79 Å². The Bertz CT molecular complexity index is 413. The minimum atomic E-state index is -4.46. The quantitative estimate of drug-likeness (QED) is 0.749. The largest absolute Gasteiger partial charge is 0.406 e. The van der Waals surface area contributed by atoms with Crippen LogP contribution in [0, 0.1) is 0 Å². The fourth-order valence-electron chi connectivity index (χ4n) is 1.06. The molecule has 1 aromatic heterocycles. The molecule has 15 heavy (non-hydrogen) atoms. The smallest absolute Gasteiger partial charge is 0.305 e. The fraction of sp³-hybridized carbons (Fsp3) is 0.375. The van der Waals surface area contributed by atoms with Gasteiger partial charge in [-0.15, -0.1) is 11.6 Å². The molecule has 1 aromatic rings. The van der Waals surface area contributed by atoms with Gasteiger partial charge in [0.1, 0.15) is 6.54 Å². The molecule has 1 rings (SSSR count). The molecule has 2 nitrogen and oxygen atoms in total. The van der Waals surface area contributed by atoms with E-state index in [0.717, 1.165) is 6.20 Å². The van der Waals surface area contributed by atoms with Crippen LogP contribution in [-0.2, 0) is 12.4 Å². The highest BCUT2D eigenvalue weighted by atomic mass is 35.5. The maximum Gasteiger partial charge on any atom is 0.406 e. The second-order valence-electron chi connectivity index (χ2n) is 2.87. The van der Waals surface area contributed by atoms with Gasteiger partial charge in [0, 0.05) is 11.8 Å². The Morgan fingerprint density at radius 3 is 2.47 bits per heavy atom. The lowest BCUT2D eigenvalue weighted by Gasteiger charge is -2.10. The van der Waals surface area contributed by atoms with Gasteiger partial charge in [-0.1, -0.05) is 11.6 Å². The number of aromatic nitrogens is 1. The molecule has 0 spiro atoms. The topological polar surface area (TPSA) is 22.0 Å². The molecule has 0 aliphatic heterocycles. The number of halogens is 5. The van der Waals surface area contributed by atoms with Crippen LogP contribution >= 0.6 is 23.2 Å². The molecule has 0 amide bonds. The van der Waals surface area contributed by atoms with Crippen LogP contribution in [-0.4, -0.2) is 10.7 Å². The lowest BCUT2D eigenvalue weighted by molar-refractivity contribution is -0.141. The predicted octanol–water partition coefficient (Wildman–Crippen LogP) is 2.80. The van der Waals surface area contributed by atoms with Crippen LogP contribution in [0.5, 0.6) is 0 Å². The van der Waals surface area contributed by atoms with Gasteiger partial charge in [-0.25, -0.2) is 0 Å². The summed E-state index contributed by atoms with van der Waals surface area (Å²) in [4.78, 5) is 11.3. The van der Waals surface area contributed by atoms with Crippen molar-refractivity contribution in [1.82, 2.24) is 4.57 Å². The van der Waals surface area contributed by atoms with Crippen molar-refractivity contribution in [3.8, 4) is 0 Å². The van der Waals surface area contributed by atoms with Crippen LogP contribution in [0.1, 0.15) is 5.56 Å². The first kappa shape index (κ1) is 12.4. The summed E-state index contributed by atoms with van der Waals surface area (Å²) in [6, 6.07) is 1.25. The third-order valence-electron chi connectivity index (χ3n) is 1.62. The summed E-state index contributed by atoms with van der Waals surface area (Å²) in [5.74, 6) is -0.169. The van der Waals surface area contributed by atoms with Crippen molar-refractivity contribution in [3.05, 3.63) is 33.2 Å². The number of hydrogen-bond donors (Lipinski definition) is 0. The molecule has 0 bridgehead atoms. The van der Waals surface area contributed by atoms with E-state index < -0.39 is 18.3 Å². The average molecular weight is 260 g/mol. The third kappa shape index (κ3) is 3.43. The first-order valence-corrected chi connectivity index (χ1v) is 4.76. The summed E-state index contributed by atoms with van der Waals surface area (Å²) in [7, 11) is 0. The monoisotopic (exact) mass is 259 g/mol. The zero-order chi connectivity index (χ0) is 11.6. The van der Waals surface area contributed by atoms with Crippen molar-refractivity contribution >= 4 is 23.2 Å². The van der Waals surface area contributed by atoms with Crippen LogP contribution in [0.15, 0.2) is 17.1 Å². The minimum Gasteiger partial charge on any atom is -0.305 e. The second-order valence-corrected chi connectivity index (χ2v) is 3.57. The van der Waals surface area contributed by atoms with E-state index in [1.807, 2.05) is 0 Å². The molecule has 1 heterocycles. The van der Waals surface area contributed by atoms with Crippen LogP contribution in [0.2, 0.25) is 5.02 Å². The van der Waals surface area contributed by atoms with E-state index in [2.05, 4.69) is 0 Å². The van der Waals surface area contributed by atoms with Gasteiger partial charge in [0.15, 0.2) is 0 Å². The van der Waals surface area contributed by atoms with Crippen LogP contribution in [0.25, 0.3) is 0 Å². The summed E-state index contributed by atoms with van der Waals surface area (Å²) in [5.41, 5.74) is -0.722. The second kappa shape index (κ2) is 4.45. The van der Waals surface area contributed by atoms with E-state index in [4.69, 9.17) is 23.2 Å². The first-order valence-electron chi connectivity index (χ1n) is 3.85. The first-order chi connectivity index (χ1) is 6.83. The molecule has 0 unspecified atom stereocenters. The number of hydrogen-bond acceptors (Lipinski definition) is 1. The molecule has 0 aliphatic carbocycles. The molecule has 0 atom stereocenters. The van der Waals surface area contributed by atoms with Gasteiger partial charge in [0.2, 0.25) is 0 Å². The van der Waals surface area contributed by atoms with Gasteiger partial charge in [-0.2, -0.15) is 13.2 Å². The fourth-order valence-corrected chi connectivity index (χ4v) is 1.50. The van der Waals surface area contributed by atoms with E-state index in [1.54, 1.807) is 0 Å². The van der Waals surface area contributed by atoms with Gasteiger partial charge in [0.05, 0.1) is 10.9 Å². The molecule has 0 saturated carbocycles. The van der Waals surface area contributed by atoms with E-state index in [9.17, 15) is 18.0 Å². The van der Waals surface area contributed by atoms with Gasteiger partial charge in [-0.05, 0) is 6.07 Å². The zero-order valence-electron chi connectivity index (χ0n) is 7.31. The summed E-state index contributed by atoms with van der Waals surface area (Å²) in [5, 5.41) is 0.0505. The van der Waals surface area contributed by atoms with Gasteiger partial charge < -0.3 is 4.57 Å². The highest BCUT2D eigenvalue weighted by Crippen LogP contribution is 2.18. The van der Waals surface area contributed by atoms with E-state index in [1.165, 1.54) is 6.07 Å². The molecule has 0 radical (unpaired) electrons. The van der Waals surface area contributed by atoms with E-state index >= 15 is 0 Å². The van der Waals surface area contributed by atoms with E-state index in [-0.39, 0.29) is 16.5 Å². The molecule has 0 aliphatic rings. The molecule has 0 aromatic carbocycles. The van der Waals surface area contributed by atoms with Gasteiger partial charge in [0.25, 0.3) is 5.56 Å². The Labute approximate surface area is 93.2 Å². The Balaban J connectivity index is 3.18. The lowest BCUT2D eigenvalue weighted by atomic mass is 10.3. The standard InChI is InChI=1S/C8H6Cl2F3NO/c9-2-5-1-6(10)3-14(7(5)15)4-8(11,12)13/h1,3H,2,4H2. The maximum absolute atomic E-state index is 12.1. The van der Waals surface area contributed by atoms with Crippen molar-refractivity contribution in [2.45, 2.75) is 18.6 Å². The molecule has 0 N–H and O–H groups in total. The number of pyridine rings is 1. The molecular weight excluding hydrogens is 254 g/mol. The number of nitrogens with zero attached hydrogens (tertiary/aromatic N) is 1. The van der Waals surface area contributed by atoms with Crippen molar-refractivity contribution < 1.29 is 13.2 Å². The highest BCUT2D eigenvalue weighted by Gasteiger charge is 2.28. The average Bonchev–Trinajstić information content (AvgIpc) is 2.08. The number of rotatable bonds is 2. The zero-order valence-corrected chi connectivity index (χ0v) is 8.83. The predicted molar refractivity (Wildman–Crippen MR) is 51.3 cm³/mol. The Morgan fingerprint density at radius 1 is 1.40 bits per heavy atom. The summed E-state index contributed by atoms with van der Waals surface area (Å²) in [6.45, 7) is -1.36. The lowest BCUT2D eigenvalue weighted by Crippen LogP contribution is -2.29. The SMILES string of the molecule is O=c1c(CCl)cc(Cl)cn1CC(F)(F)F. The maximum atomic E-state index is 12.1. The highest BCUT2D eigenvalue weighted by molar-refractivity contribution is 6.30. The Hall–Kier alpha value is -0.680. The molecular formula is C8H6Cl2F3NO. The summed E-state index contributed by atoms with van der Waals surface area (Å²) >= 11 is 10.9. The van der Waals surface area contributed by atoms with Crippen molar-refractivity contribution in [3.63, 3.8) is 0 Å². The normalized spacial score (nSPS) is 11.8. The number of alkyl halides is 4. The van der Waals surface area contributed by atoms with E-state index in [0.29, 0.717) is 4.57 Å². The Morgan fingerprint density at radius 2 is 2.00 bits per heavy atom. The van der Waals surface area contributed by atoms with Crippen molar-refractivity contribution in [1.29, 1.82) is 0 Å². The van der Waals surface area contributed by atoms with Crippen LogP contribution < -0.4 is 5.56 Å². The molecule has 0 saturated heterocycles. The molecule has 7 heteroatoms. The van der Waals surface area contributed by atoms with Crippen LogP contribution in [0.4, 0.5) is 13.2 Å². The molecule has 84 valence electrons. The minimum absolute atomic E-state index is 0.0495. The van der Waals surface area contributed by atoms with Crippen molar-refractivity contribution in [2.75, 3.05) is 0 Å². The van der Waals surface area contributed by atoms with Crippen molar-refractivity contribution in [2.24, 2.45) is 0 Å². The Kier molecular flexibility index (Phi) is 3.67. The van der Waals surface area contributed by atoms with Gasteiger partial charge >= 0.3 is 6.18 Å². The third-order valence-corrected chi connectivity index (χ3v) is 2.12. The summed E-state index contributed by atoms with van der Waals surface area (Å²) in [6.07, 6.45) is -3.52.